The molecular weight excluding hydrogens is 270 g/mol. The third-order valence-electron chi connectivity index (χ3n) is 3.15. The molecule has 3 N–H and O–H groups in total. The van der Waals surface area contributed by atoms with Gasteiger partial charge in [-0.3, -0.25) is 24.8 Å². The van der Waals surface area contributed by atoms with Crippen LogP contribution in [0.15, 0.2) is 30.7 Å². The highest BCUT2D eigenvalue weighted by molar-refractivity contribution is 5.91. The van der Waals surface area contributed by atoms with Crippen molar-refractivity contribution in [2.24, 2.45) is 5.84 Å². The Morgan fingerprint density at radius 3 is 2.86 bits per heavy atom. The minimum absolute atomic E-state index is 0.217. The normalized spacial score (nSPS) is 10.8. The maximum absolute atomic E-state index is 11.3. The van der Waals surface area contributed by atoms with Crippen LogP contribution in [0, 0.1) is 0 Å². The van der Waals surface area contributed by atoms with Gasteiger partial charge in [0.25, 0.3) is 5.91 Å². The van der Waals surface area contributed by atoms with E-state index in [4.69, 9.17) is 5.84 Å². The predicted octanol–water partition coefficient (Wildman–Crippen LogP) is -0.201. The molecule has 2 aromatic heterocycles. The summed E-state index contributed by atoms with van der Waals surface area (Å²) in [4.78, 5) is 17.6. The van der Waals surface area contributed by atoms with Crippen molar-refractivity contribution in [2.45, 2.75) is 20.0 Å². The molecule has 0 atom stereocenters. The van der Waals surface area contributed by atoms with E-state index in [1.54, 1.807) is 23.3 Å². The first-order chi connectivity index (χ1) is 10.2. The van der Waals surface area contributed by atoms with Crippen LogP contribution in [-0.4, -0.2) is 43.9 Å². The smallest absolute Gasteiger partial charge is 0.287 e. The molecule has 0 unspecified atom stereocenters. The molecule has 8 heteroatoms. The molecule has 0 aliphatic rings. The van der Waals surface area contributed by atoms with Gasteiger partial charge in [0.15, 0.2) is 5.69 Å². The lowest BCUT2D eigenvalue weighted by molar-refractivity contribution is 0.0948. The van der Waals surface area contributed by atoms with E-state index in [9.17, 15) is 4.79 Å². The second-order valence-electron chi connectivity index (χ2n) is 4.56. The molecule has 2 aromatic rings. The Balaban J connectivity index is 1.88. The van der Waals surface area contributed by atoms with Crippen molar-refractivity contribution in [3.05, 3.63) is 42.0 Å². The minimum atomic E-state index is -0.439. The topological polar surface area (TPSA) is 102 Å². The molecule has 0 aromatic carbocycles. The molecule has 2 heterocycles. The number of likely N-dealkylation sites (N-methyl/N-ethyl adjacent to an activating group) is 1. The van der Waals surface area contributed by atoms with Crippen LogP contribution in [0.1, 0.15) is 23.0 Å². The van der Waals surface area contributed by atoms with E-state index in [0.717, 1.165) is 19.6 Å². The molecule has 0 aliphatic heterocycles. The van der Waals surface area contributed by atoms with Crippen molar-refractivity contribution in [2.75, 3.05) is 13.1 Å². The molecule has 8 nitrogen and oxygen atoms in total. The number of nitrogens with two attached hydrogens (primary N) is 1. The first-order valence-corrected chi connectivity index (χ1v) is 6.75. The van der Waals surface area contributed by atoms with Gasteiger partial charge in [0, 0.05) is 25.5 Å². The maximum Gasteiger partial charge on any atom is 0.287 e. The van der Waals surface area contributed by atoms with E-state index in [0.29, 0.717) is 6.54 Å². The Labute approximate surface area is 122 Å². The second-order valence-corrected chi connectivity index (χ2v) is 4.56. The van der Waals surface area contributed by atoms with Crippen LogP contribution in [0.25, 0.3) is 0 Å². The van der Waals surface area contributed by atoms with E-state index < -0.39 is 5.91 Å². The van der Waals surface area contributed by atoms with Crippen LogP contribution in [0.3, 0.4) is 0 Å². The van der Waals surface area contributed by atoms with Gasteiger partial charge in [0.2, 0.25) is 0 Å². The van der Waals surface area contributed by atoms with E-state index in [1.807, 2.05) is 17.6 Å². The molecule has 1 amide bonds. The number of amides is 1. The fraction of sp³-hybridized carbons (Fsp3) is 0.385. The number of pyridine rings is 1. The summed E-state index contributed by atoms with van der Waals surface area (Å²) >= 11 is 0. The number of nitrogens with one attached hydrogen (secondary N) is 1. The highest BCUT2D eigenvalue weighted by Crippen LogP contribution is 2.03. The van der Waals surface area contributed by atoms with Crippen LogP contribution in [0.2, 0.25) is 0 Å². The summed E-state index contributed by atoms with van der Waals surface area (Å²) in [5, 5.41) is 7.68. The number of aromatic nitrogens is 4. The van der Waals surface area contributed by atoms with Crippen molar-refractivity contribution >= 4 is 5.91 Å². The summed E-state index contributed by atoms with van der Waals surface area (Å²) in [6, 6.07) is 4.00. The van der Waals surface area contributed by atoms with Crippen LogP contribution in [-0.2, 0) is 13.1 Å². The minimum Gasteiger partial charge on any atom is -0.298 e. The number of hydrogen-bond acceptors (Lipinski definition) is 6. The zero-order valence-corrected chi connectivity index (χ0v) is 11.9. The fourth-order valence-corrected chi connectivity index (χ4v) is 1.92. The standard InChI is InChI=1S/C13H19N7O/c1-2-19(9-11-3-5-15-6-4-11)7-8-20-10-12(17-18-20)13(21)16-14/h3-6,10H,2,7-9,14H2,1H3,(H,16,21). The summed E-state index contributed by atoms with van der Waals surface area (Å²) < 4.78 is 1.64. The predicted molar refractivity (Wildman–Crippen MR) is 76.9 cm³/mol. The van der Waals surface area contributed by atoms with Gasteiger partial charge in [-0.2, -0.15) is 0 Å². The van der Waals surface area contributed by atoms with E-state index >= 15 is 0 Å². The summed E-state index contributed by atoms with van der Waals surface area (Å²) in [6.07, 6.45) is 5.17. The summed E-state index contributed by atoms with van der Waals surface area (Å²) in [7, 11) is 0. The molecule has 2 rings (SSSR count). The van der Waals surface area contributed by atoms with Gasteiger partial charge < -0.3 is 0 Å². The highest BCUT2D eigenvalue weighted by Gasteiger charge is 2.10. The lowest BCUT2D eigenvalue weighted by Gasteiger charge is -2.20. The molecule has 0 radical (unpaired) electrons. The molecular formula is C13H19N7O. The van der Waals surface area contributed by atoms with Crippen molar-refractivity contribution < 1.29 is 4.79 Å². The first kappa shape index (κ1) is 15.1. The number of hydrogen-bond donors (Lipinski definition) is 2. The van der Waals surface area contributed by atoms with Gasteiger partial charge in [0.05, 0.1) is 12.7 Å². The average Bonchev–Trinajstić information content (AvgIpc) is 3.00. The zero-order chi connectivity index (χ0) is 15.1. The van der Waals surface area contributed by atoms with E-state index in [2.05, 4.69) is 27.1 Å². The van der Waals surface area contributed by atoms with E-state index in [-0.39, 0.29) is 5.69 Å². The highest BCUT2D eigenvalue weighted by atomic mass is 16.2. The van der Waals surface area contributed by atoms with Gasteiger partial charge in [-0.1, -0.05) is 12.1 Å². The third-order valence-corrected chi connectivity index (χ3v) is 3.15. The number of carbonyl (C=O) groups excluding carboxylic acids is 1. The van der Waals surface area contributed by atoms with Crippen molar-refractivity contribution in [1.29, 1.82) is 0 Å². The fourth-order valence-electron chi connectivity index (χ4n) is 1.92. The number of carbonyl (C=O) groups is 1. The first-order valence-electron chi connectivity index (χ1n) is 6.75. The molecule has 0 bridgehead atoms. The quantitative estimate of drug-likeness (QED) is 0.416. The Morgan fingerprint density at radius 1 is 1.43 bits per heavy atom. The summed E-state index contributed by atoms with van der Waals surface area (Å²) in [5.74, 6) is 4.61. The van der Waals surface area contributed by atoms with Gasteiger partial charge in [-0.05, 0) is 24.2 Å². The number of hydrazine groups is 1. The molecule has 0 saturated heterocycles. The molecule has 0 aliphatic carbocycles. The van der Waals surface area contributed by atoms with Gasteiger partial charge in [-0.15, -0.1) is 5.10 Å². The van der Waals surface area contributed by atoms with Crippen molar-refractivity contribution in [1.82, 2.24) is 30.3 Å². The van der Waals surface area contributed by atoms with Gasteiger partial charge in [0.1, 0.15) is 0 Å². The van der Waals surface area contributed by atoms with Gasteiger partial charge >= 0.3 is 0 Å². The number of rotatable bonds is 7. The lowest BCUT2D eigenvalue weighted by Crippen LogP contribution is -2.30. The third kappa shape index (κ3) is 4.33. The Kier molecular flexibility index (Phi) is 5.35. The average molecular weight is 289 g/mol. The Hall–Kier alpha value is -2.32. The summed E-state index contributed by atoms with van der Waals surface area (Å²) in [5.41, 5.74) is 3.47. The number of nitrogens with zero attached hydrogens (tertiary/aromatic N) is 5. The van der Waals surface area contributed by atoms with Crippen LogP contribution >= 0.6 is 0 Å². The Bertz CT molecular complexity index is 569. The molecule has 0 saturated carbocycles. The van der Waals surface area contributed by atoms with Gasteiger partial charge in [-0.25, -0.2) is 5.84 Å². The maximum atomic E-state index is 11.3. The van der Waals surface area contributed by atoms with E-state index in [1.165, 1.54) is 5.56 Å². The lowest BCUT2D eigenvalue weighted by atomic mass is 10.2. The molecule has 112 valence electrons. The summed E-state index contributed by atoms with van der Waals surface area (Å²) in [6.45, 7) is 5.35. The van der Waals surface area contributed by atoms with Crippen LogP contribution in [0.5, 0.6) is 0 Å². The Morgan fingerprint density at radius 2 is 2.19 bits per heavy atom. The number of nitrogen functional groups attached to an aromatic ring is 1. The molecule has 0 spiro atoms. The SMILES string of the molecule is CCN(CCn1cc(C(=O)NN)nn1)Cc1ccncc1. The van der Waals surface area contributed by atoms with Crippen molar-refractivity contribution in [3.63, 3.8) is 0 Å². The second kappa shape index (κ2) is 7.46. The zero-order valence-electron chi connectivity index (χ0n) is 11.9. The molecule has 21 heavy (non-hydrogen) atoms. The molecule has 0 fully saturated rings. The van der Waals surface area contributed by atoms with Crippen LogP contribution in [0.4, 0.5) is 0 Å². The monoisotopic (exact) mass is 289 g/mol. The largest absolute Gasteiger partial charge is 0.298 e. The van der Waals surface area contributed by atoms with Crippen molar-refractivity contribution in [3.8, 4) is 0 Å². The van der Waals surface area contributed by atoms with Crippen LogP contribution < -0.4 is 11.3 Å².